The summed E-state index contributed by atoms with van der Waals surface area (Å²) >= 11 is 0. The number of benzene rings is 2. The zero-order valence-corrected chi connectivity index (χ0v) is 30.6. The maximum absolute atomic E-state index is 10.8. The molecule has 0 heterocycles. The fraction of sp³-hybridized carbons (Fsp3) is 0.647. The Hall–Kier alpha value is -0.480. The summed E-state index contributed by atoms with van der Waals surface area (Å²) in [7, 11) is -8.62. The number of unbranched alkanes of at least 4 members (excludes halogenated alkanes) is 16. The molecular formula is C34H54CaO6S2. The summed E-state index contributed by atoms with van der Waals surface area (Å²) in [5.74, 6) is 0. The van der Waals surface area contributed by atoms with Crippen molar-refractivity contribution < 1.29 is 25.9 Å². The van der Waals surface area contributed by atoms with E-state index >= 15 is 0 Å². The van der Waals surface area contributed by atoms with Crippen molar-refractivity contribution in [2.45, 2.75) is 152 Å². The molecular weight excluding hydrogens is 609 g/mol. The fourth-order valence-electron chi connectivity index (χ4n) is 4.93. The molecule has 0 aliphatic rings. The second-order valence-electron chi connectivity index (χ2n) is 11.4. The molecule has 0 aromatic heterocycles. The van der Waals surface area contributed by atoms with Gasteiger partial charge >= 0.3 is 37.7 Å². The molecule has 240 valence electrons. The Morgan fingerprint density at radius 2 is 0.651 bits per heavy atom. The minimum Gasteiger partial charge on any atom is -0.744 e. The second-order valence-corrected chi connectivity index (χ2v) is 14.1. The van der Waals surface area contributed by atoms with E-state index in [4.69, 9.17) is 0 Å². The molecule has 0 saturated carbocycles. The predicted molar refractivity (Wildman–Crippen MR) is 176 cm³/mol. The van der Waals surface area contributed by atoms with Crippen molar-refractivity contribution in [3.63, 3.8) is 0 Å². The topological polar surface area (TPSA) is 114 Å². The number of rotatable bonds is 22. The van der Waals surface area contributed by atoms with Crippen molar-refractivity contribution in [2.75, 3.05) is 0 Å². The number of hydrogen-bond acceptors (Lipinski definition) is 6. The maximum atomic E-state index is 10.8. The summed E-state index contributed by atoms with van der Waals surface area (Å²) < 4.78 is 64.9. The van der Waals surface area contributed by atoms with E-state index in [1.165, 1.54) is 127 Å². The first-order valence-corrected chi connectivity index (χ1v) is 19.0. The Labute approximate surface area is 293 Å². The van der Waals surface area contributed by atoms with Crippen LogP contribution in [0.1, 0.15) is 141 Å². The van der Waals surface area contributed by atoms with Gasteiger partial charge in [0, 0.05) is 0 Å². The summed E-state index contributed by atoms with van der Waals surface area (Å²) in [6.45, 7) is 4.47. The van der Waals surface area contributed by atoms with Crippen molar-refractivity contribution in [2.24, 2.45) is 0 Å². The SMILES string of the molecule is CCCCCCCCCCCc1ccc(S(=O)(=O)[O-])cc1.CCCCCCCCCCCc1ccc(S(=O)(=O)[O-])cc1.[Ca+2]. The van der Waals surface area contributed by atoms with Crippen molar-refractivity contribution in [3.8, 4) is 0 Å². The van der Waals surface area contributed by atoms with Crippen LogP contribution >= 0.6 is 0 Å². The molecule has 0 amide bonds. The van der Waals surface area contributed by atoms with Crippen LogP contribution in [0, 0.1) is 0 Å². The molecule has 0 fully saturated rings. The average molecular weight is 663 g/mol. The predicted octanol–water partition coefficient (Wildman–Crippen LogP) is 8.95. The second kappa shape index (κ2) is 25.7. The van der Waals surface area contributed by atoms with E-state index in [2.05, 4.69) is 13.8 Å². The van der Waals surface area contributed by atoms with Crippen LogP contribution in [0.15, 0.2) is 58.3 Å². The molecule has 0 bridgehead atoms. The molecule has 43 heavy (non-hydrogen) atoms. The monoisotopic (exact) mass is 662 g/mol. The van der Waals surface area contributed by atoms with Gasteiger partial charge in [0.05, 0.1) is 9.79 Å². The molecule has 6 nitrogen and oxygen atoms in total. The van der Waals surface area contributed by atoms with E-state index in [9.17, 15) is 25.9 Å². The molecule has 0 saturated heterocycles. The van der Waals surface area contributed by atoms with Crippen LogP contribution in [0.25, 0.3) is 0 Å². The maximum Gasteiger partial charge on any atom is 2.00 e. The molecule has 2 aromatic carbocycles. The fourth-order valence-corrected chi connectivity index (χ4v) is 5.86. The molecule has 0 aliphatic carbocycles. The Bertz CT molecular complexity index is 1050. The van der Waals surface area contributed by atoms with Gasteiger partial charge in [-0.1, -0.05) is 141 Å². The van der Waals surface area contributed by atoms with Gasteiger partial charge in [0.25, 0.3) is 0 Å². The van der Waals surface area contributed by atoms with Gasteiger partial charge in [0.2, 0.25) is 0 Å². The molecule has 2 aromatic rings. The first-order valence-electron chi connectivity index (χ1n) is 16.2. The van der Waals surface area contributed by atoms with Crippen molar-refractivity contribution in [3.05, 3.63) is 59.7 Å². The summed E-state index contributed by atoms with van der Waals surface area (Å²) in [5.41, 5.74) is 2.20. The van der Waals surface area contributed by atoms with Gasteiger partial charge in [0.15, 0.2) is 0 Å². The summed E-state index contributed by atoms with van der Waals surface area (Å²) in [6.07, 6.45) is 25.2. The van der Waals surface area contributed by atoms with Gasteiger partial charge in [-0.3, -0.25) is 0 Å². The van der Waals surface area contributed by atoms with Crippen LogP contribution in [0.4, 0.5) is 0 Å². The van der Waals surface area contributed by atoms with E-state index < -0.39 is 20.2 Å². The third kappa shape index (κ3) is 22.6. The quantitative estimate of drug-likeness (QED) is 0.0706. The molecule has 0 radical (unpaired) electrons. The Morgan fingerprint density at radius 3 is 0.884 bits per heavy atom. The van der Waals surface area contributed by atoms with Crippen molar-refractivity contribution >= 4 is 58.0 Å². The minimum absolute atomic E-state index is 0. The Morgan fingerprint density at radius 1 is 0.419 bits per heavy atom. The van der Waals surface area contributed by atoms with Crippen LogP contribution in [-0.4, -0.2) is 63.7 Å². The molecule has 0 N–H and O–H groups in total. The molecule has 0 unspecified atom stereocenters. The Balaban J connectivity index is 0.000000802. The summed E-state index contributed by atoms with van der Waals surface area (Å²) in [6, 6.07) is 12.6. The standard InChI is InChI=1S/2C17H28O3S.Ca/c2*1-2-3-4-5-6-7-8-9-10-11-16-12-14-17(15-13-16)21(18,19)20;/h2*12-15H,2-11H2,1H3,(H,18,19,20);/q;;+2/p-2. The van der Waals surface area contributed by atoms with Gasteiger partial charge in [-0.05, 0) is 61.1 Å². The van der Waals surface area contributed by atoms with Gasteiger partial charge in [-0.25, -0.2) is 16.8 Å². The van der Waals surface area contributed by atoms with Gasteiger partial charge in [-0.15, -0.1) is 0 Å². The largest absolute Gasteiger partial charge is 2.00 e. The van der Waals surface area contributed by atoms with Crippen LogP contribution in [0.5, 0.6) is 0 Å². The van der Waals surface area contributed by atoms with Crippen molar-refractivity contribution in [1.82, 2.24) is 0 Å². The molecule has 9 heteroatoms. The van der Waals surface area contributed by atoms with E-state index in [1.54, 1.807) is 24.3 Å². The Kier molecular flexibility index (Phi) is 25.4. The van der Waals surface area contributed by atoms with Crippen LogP contribution in [0.3, 0.4) is 0 Å². The molecule has 0 spiro atoms. The van der Waals surface area contributed by atoms with Crippen LogP contribution < -0.4 is 0 Å². The average Bonchev–Trinajstić information content (AvgIpc) is 2.95. The van der Waals surface area contributed by atoms with E-state index in [0.29, 0.717) is 0 Å². The van der Waals surface area contributed by atoms with Gasteiger partial charge in [-0.2, -0.15) is 0 Å². The summed E-state index contributed by atoms with van der Waals surface area (Å²) in [5, 5.41) is 0. The third-order valence-electron chi connectivity index (χ3n) is 7.56. The molecule has 0 aliphatic heterocycles. The number of aryl methyl sites for hydroxylation is 2. The van der Waals surface area contributed by atoms with Crippen LogP contribution in [0.2, 0.25) is 0 Å². The van der Waals surface area contributed by atoms with E-state index in [0.717, 1.165) is 36.8 Å². The molecule has 2 rings (SSSR count). The third-order valence-corrected chi connectivity index (χ3v) is 9.26. The van der Waals surface area contributed by atoms with E-state index in [1.807, 2.05) is 0 Å². The van der Waals surface area contributed by atoms with Crippen molar-refractivity contribution in [1.29, 1.82) is 0 Å². The first kappa shape index (κ1) is 42.5. The number of hydrogen-bond donors (Lipinski definition) is 0. The summed E-state index contributed by atoms with van der Waals surface area (Å²) in [4.78, 5) is -0.281. The normalized spacial score (nSPS) is 11.4. The first-order chi connectivity index (χ1) is 20.1. The zero-order valence-electron chi connectivity index (χ0n) is 26.7. The molecule has 0 atom stereocenters. The van der Waals surface area contributed by atoms with Crippen LogP contribution in [-0.2, 0) is 33.1 Å². The van der Waals surface area contributed by atoms with Gasteiger partial charge in [0.1, 0.15) is 20.2 Å². The van der Waals surface area contributed by atoms with Gasteiger partial charge < -0.3 is 9.11 Å². The zero-order chi connectivity index (χ0) is 31.1. The minimum atomic E-state index is -4.31. The van der Waals surface area contributed by atoms with E-state index in [-0.39, 0.29) is 47.5 Å². The smallest absolute Gasteiger partial charge is 0.744 e.